The molecule has 0 aliphatic carbocycles. The standard InChI is InChI=1S/C21H29N3O5S/c1-4-30(27,28)23-10-6-18(7-11-23)21(26)29-15-20(25)24(9-5-8-22)19-13-16(2)12-17(3)14-19/h12-14,18H,4-7,9-11,15H2,1-3H3. The summed E-state index contributed by atoms with van der Waals surface area (Å²) in [5.41, 5.74) is 2.65. The van der Waals surface area contributed by atoms with Crippen molar-refractivity contribution in [3.8, 4) is 6.07 Å². The fraction of sp³-hybridized carbons (Fsp3) is 0.571. The van der Waals surface area contributed by atoms with E-state index in [0.717, 1.165) is 11.1 Å². The molecule has 2 rings (SSSR count). The van der Waals surface area contributed by atoms with E-state index in [4.69, 9.17) is 10.00 Å². The predicted octanol–water partition coefficient (Wildman–Crippen LogP) is 2.16. The maximum absolute atomic E-state index is 12.7. The van der Waals surface area contributed by atoms with E-state index < -0.39 is 34.4 Å². The number of benzene rings is 1. The molecule has 0 radical (unpaired) electrons. The van der Waals surface area contributed by atoms with Crippen LogP contribution in [-0.2, 0) is 24.3 Å². The Morgan fingerprint density at radius 2 is 1.80 bits per heavy atom. The maximum Gasteiger partial charge on any atom is 0.309 e. The van der Waals surface area contributed by atoms with Crippen LogP contribution in [0.25, 0.3) is 0 Å². The molecule has 164 valence electrons. The Morgan fingerprint density at radius 3 is 2.33 bits per heavy atom. The molecule has 30 heavy (non-hydrogen) atoms. The lowest BCUT2D eigenvalue weighted by Gasteiger charge is -2.30. The number of ether oxygens (including phenoxy) is 1. The molecule has 0 bridgehead atoms. The summed E-state index contributed by atoms with van der Waals surface area (Å²) in [6, 6.07) is 7.73. The zero-order valence-electron chi connectivity index (χ0n) is 17.8. The Hall–Kier alpha value is -2.44. The number of sulfonamides is 1. The molecule has 1 aromatic carbocycles. The van der Waals surface area contributed by atoms with Crippen LogP contribution in [0, 0.1) is 31.1 Å². The Labute approximate surface area is 178 Å². The first-order chi connectivity index (χ1) is 14.2. The number of carbonyl (C=O) groups excluding carboxylic acids is 2. The van der Waals surface area contributed by atoms with Gasteiger partial charge in [0.25, 0.3) is 5.91 Å². The number of amides is 1. The van der Waals surface area contributed by atoms with Gasteiger partial charge in [-0.05, 0) is 56.9 Å². The van der Waals surface area contributed by atoms with Crippen molar-refractivity contribution >= 4 is 27.6 Å². The van der Waals surface area contributed by atoms with Gasteiger partial charge < -0.3 is 9.64 Å². The van der Waals surface area contributed by atoms with Gasteiger partial charge in [0, 0.05) is 25.3 Å². The Morgan fingerprint density at radius 1 is 1.20 bits per heavy atom. The third kappa shape index (κ3) is 6.28. The van der Waals surface area contributed by atoms with Crippen molar-refractivity contribution in [3.63, 3.8) is 0 Å². The number of carbonyl (C=O) groups is 2. The number of anilines is 1. The minimum atomic E-state index is -3.26. The zero-order chi connectivity index (χ0) is 22.3. The fourth-order valence-corrected chi connectivity index (χ4v) is 4.68. The zero-order valence-corrected chi connectivity index (χ0v) is 18.6. The van der Waals surface area contributed by atoms with Crippen molar-refractivity contribution in [2.75, 3.05) is 36.9 Å². The number of esters is 1. The van der Waals surface area contributed by atoms with Crippen molar-refractivity contribution < 1.29 is 22.7 Å². The van der Waals surface area contributed by atoms with E-state index in [0.29, 0.717) is 18.5 Å². The summed E-state index contributed by atoms with van der Waals surface area (Å²) >= 11 is 0. The second-order valence-corrected chi connectivity index (χ2v) is 9.74. The third-order valence-corrected chi connectivity index (χ3v) is 7.03. The second-order valence-electron chi connectivity index (χ2n) is 7.48. The van der Waals surface area contributed by atoms with Crippen LogP contribution in [0.15, 0.2) is 18.2 Å². The summed E-state index contributed by atoms with van der Waals surface area (Å²) in [7, 11) is -3.26. The maximum atomic E-state index is 12.7. The van der Waals surface area contributed by atoms with E-state index in [1.165, 1.54) is 9.21 Å². The van der Waals surface area contributed by atoms with Crippen LogP contribution in [0.5, 0.6) is 0 Å². The molecule has 0 atom stereocenters. The minimum absolute atomic E-state index is 0.0353. The van der Waals surface area contributed by atoms with Crippen LogP contribution < -0.4 is 4.90 Å². The van der Waals surface area contributed by atoms with Crippen LogP contribution in [-0.4, -0.2) is 56.6 Å². The van der Waals surface area contributed by atoms with Crippen LogP contribution in [0.2, 0.25) is 0 Å². The molecule has 0 N–H and O–H groups in total. The second kappa shape index (κ2) is 10.5. The molecule has 1 saturated heterocycles. The van der Waals surface area contributed by atoms with Crippen molar-refractivity contribution in [3.05, 3.63) is 29.3 Å². The monoisotopic (exact) mass is 435 g/mol. The van der Waals surface area contributed by atoms with E-state index in [1.807, 2.05) is 38.1 Å². The highest BCUT2D eigenvalue weighted by atomic mass is 32.2. The quantitative estimate of drug-likeness (QED) is 0.579. The largest absolute Gasteiger partial charge is 0.455 e. The summed E-state index contributed by atoms with van der Waals surface area (Å²) in [5, 5.41) is 8.92. The molecular formula is C21H29N3O5S. The fourth-order valence-electron chi connectivity index (χ4n) is 3.55. The van der Waals surface area contributed by atoms with Crippen LogP contribution in [0.3, 0.4) is 0 Å². The SMILES string of the molecule is CCS(=O)(=O)N1CCC(C(=O)OCC(=O)N(CCC#N)c2cc(C)cc(C)c2)CC1. The number of hydrogen-bond acceptors (Lipinski definition) is 6. The van der Waals surface area contributed by atoms with Gasteiger partial charge in [0.05, 0.1) is 24.2 Å². The average molecular weight is 436 g/mol. The Bertz CT molecular complexity index is 895. The molecule has 8 nitrogen and oxygen atoms in total. The number of aryl methyl sites for hydroxylation is 2. The summed E-state index contributed by atoms with van der Waals surface area (Å²) in [5.74, 6) is -1.27. The van der Waals surface area contributed by atoms with Gasteiger partial charge in [-0.2, -0.15) is 5.26 Å². The van der Waals surface area contributed by atoms with Crippen molar-refractivity contribution in [2.24, 2.45) is 5.92 Å². The number of nitriles is 1. The molecule has 1 heterocycles. The minimum Gasteiger partial charge on any atom is -0.455 e. The van der Waals surface area contributed by atoms with Gasteiger partial charge in [0.15, 0.2) is 6.61 Å². The van der Waals surface area contributed by atoms with Gasteiger partial charge in [-0.25, -0.2) is 12.7 Å². The van der Waals surface area contributed by atoms with Crippen LogP contribution in [0.4, 0.5) is 5.69 Å². The summed E-state index contributed by atoms with van der Waals surface area (Å²) in [6.45, 7) is 5.80. The molecule has 0 aromatic heterocycles. The molecule has 1 aliphatic rings. The molecule has 0 saturated carbocycles. The highest BCUT2D eigenvalue weighted by Crippen LogP contribution is 2.22. The number of piperidine rings is 1. The Balaban J connectivity index is 1.96. The lowest BCUT2D eigenvalue weighted by Crippen LogP contribution is -2.42. The van der Waals surface area contributed by atoms with Gasteiger partial charge in [0.1, 0.15) is 0 Å². The summed E-state index contributed by atoms with van der Waals surface area (Å²) in [4.78, 5) is 26.6. The number of rotatable bonds is 8. The highest BCUT2D eigenvalue weighted by molar-refractivity contribution is 7.89. The first kappa shape index (κ1) is 23.8. The van der Waals surface area contributed by atoms with E-state index in [-0.39, 0.29) is 31.8 Å². The lowest BCUT2D eigenvalue weighted by atomic mass is 9.98. The van der Waals surface area contributed by atoms with Crippen molar-refractivity contribution in [2.45, 2.75) is 40.0 Å². The van der Waals surface area contributed by atoms with E-state index in [2.05, 4.69) is 0 Å². The molecule has 0 spiro atoms. The van der Waals surface area contributed by atoms with Crippen LogP contribution in [0.1, 0.15) is 37.3 Å². The highest BCUT2D eigenvalue weighted by Gasteiger charge is 2.31. The predicted molar refractivity (Wildman–Crippen MR) is 113 cm³/mol. The molecular weight excluding hydrogens is 406 g/mol. The van der Waals surface area contributed by atoms with Gasteiger partial charge in [-0.15, -0.1) is 0 Å². The van der Waals surface area contributed by atoms with Gasteiger partial charge in [-0.1, -0.05) is 6.07 Å². The summed E-state index contributed by atoms with van der Waals surface area (Å²) in [6.07, 6.45) is 0.917. The normalized spacial score (nSPS) is 15.4. The van der Waals surface area contributed by atoms with E-state index in [9.17, 15) is 18.0 Å². The van der Waals surface area contributed by atoms with Crippen molar-refractivity contribution in [1.82, 2.24) is 4.31 Å². The first-order valence-electron chi connectivity index (χ1n) is 10.1. The lowest BCUT2D eigenvalue weighted by molar-refractivity contribution is -0.153. The van der Waals surface area contributed by atoms with Gasteiger partial charge >= 0.3 is 5.97 Å². The molecule has 1 fully saturated rings. The molecule has 0 unspecified atom stereocenters. The summed E-state index contributed by atoms with van der Waals surface area (Å²) < 4.78 is 30.5. The molecule has 9 heteroatoms. The van der Waals surface area contributed by atoms with Crippen LogP contribution >= 0.6 is 0 Å². The number of hydrogen-bond donors (Lipinski definition) is 0. The third-order valence-electron chi connectivity index (χ3n) is 5.15. The molecule has 1 aliphatic heterocycles. The molecule has 1 aromatic rings. The topological polar surface area (TPSA) is 108 Å². The smallest absolute Gasteiger partial charge is 0.309 e. The van der Waals surface area contributed by atoms with Gasteiger partial charge in [0.2, 0.25) is 10.0 Å². The van der Waals surface area contributed by atoms with Crippen molar-refractivity contribution in [1.29, 1.82) is 5.26 Å². The van der Waals surface area contributed by atoms with E-state index in [1.54, 1.807) is 6.92 Å². The van der Waals surface area contributed by atoms with Gasteiger partial charge in [-0.3, -0.25) is 9.59 Å². The first-order valence-corrected chi connectivity index (χ1v) is 11.7. The Kier molecular flexibility index (Phi) is 8.38. The molecule has 1 amide bonds. The van der Waals surface area contributed by atoms with E-state index >= 15 is 0 Å². The average Bonchev–Trinajstić information content (AvgIpc) is 2.71. The number of nitrogens with zero attached hydrogens (tertiary/aromatic N) is 3.